The van der Waals surface area contributed by atoms with Gasteiger partial charge in [-0.1, -0.05) is 12.0 Å². The van der Waals surface area contributed by atoms with Crippen molar-refractivity contribution >= 4 is 5.91 Å². The van der Waals surface area contributed by atoms with Gasteiger partial charge in [0.1, 0.15) is 6.61 Å². The number of benzene rings is 1. The predicted molar refractivity (Wildman–Crippen MR) is 64.9 cm³/mol. The van der Waals surface area contributed by atoms with Crippen molar-refractivity contribution in [2.75, 3.05) is 13.7 Å². The van der Waals surface area contributed by atoms with Gasteiger partial charge in [0, 0.05) is 0 Å². The zero-order valence-electron chi connectivity index (χ0n) is 9.90. The van der Waals surface area contributed by atoms with Crippen LogP contribution in [-0.2, 0) is 4.79 Å². The van der Waals surface area contributed by atoms with Gasteiger partial charge in [-0.3, -0.25) is 4.79 Å². The summed E-state index contributed by atoms with van der Waals surface area (Å²) >= 11 is 0. The van der Waals surface area contributed by atoms with Crippen molar-refractivity contribution in [3.63, 3.8) is 0 Å². The number of hydrogen-bond donors (Lipinski definition) is 1. The molecule has 0 radical (unpaired) electrons. The van der Waals surface area contributed by atoms with E-state index < -0.39 is 0 Å². The molecule has 4 heteroatoms. The van der Waals surface area contributed by atoms with Crippen molar-refractivity contribution in [3.05, 3.63) is 23.8 Å². The highest BCUT2D eigenvalue weighted by Gasteiger charge is 2.14. The molecule has 2 N–H and O–H groups in total. The summed E-state index contributed by atoms with van der Waals surface area (Å²) < 4.78 is 10.5. The molecule has 0 aliphatic carbocycles. The van der Waals surface area contributed by atoms with E-state index in [9.17, 15) is 4.79 Å². The summed E-state index contributed by atoms with van der Waals surface area (Å²) in [4.78, 5) is 11.1. The van der Waals surface area contributed by atoms with E-state index in [1.807, 2.05) is 0 Å². The average molecular weight is 233 g/mol. The number of methoxy groups -OCH3 is 1. The van der Waals surface area contributed by atoms with Crippen LogP contribution in [0, 0.1) is 12.3 Å². The predicted octanol–water partition coefficient (Wildman–Crippen LogP) is 1.30. The van der Waals surface area contributed by atoms with E-state index in [1.165, 1.54) is 7.11 Å². The first-order chi connectivity index (χ1) is 8.10. The maximum Gasteiger partial charge on any atom is 0.224 e. The van der Waals surface area contributed by atoms with Crippen LogP contribution in [0.25, 0.3) is 0 Å². The summed E-state index contributed by atoms with van der Waals surface area (Å²) in [6.45, 7) is 1.90. The molecule has 0 aliphatic heterocycles. The summed E-state index contributed by atoms with van der Waals surface area (Å²) in [5.74, 6) is 2.70. The summed E-state index contributed by atoms with van der Waals surface area (Å²) in [7, 11) is 1.52. The van der Waals surface area contributed by atoms with Crippen molar-refractivity contribution in [1.82, 2.24) is 0 Å². The second-order valence-corrected chi connectivity index (χ2v) is 3.53. The fourth-order valence-corrected chi connectivity index (χ4v) is 1.36. The van der Waals surface area contributed by atoms with Crippen molar-refractivity contribution in [1.29, 1.82) is 0 Å². The van der Waals surface area contributed by atoms with Gasteiger partial charge >= 0.3 is 0 Å². The molecule has 0 saturated carbocycles. The Balaban J connectivity index is 3.00. The van der Waals surface area contributed by atoms with Gasteiger partial charge in [0.25, 0.3) is 0 Å². The van der Waals surface area contributed by atoms with E-state index in [0.717, 1.165) is 5.56 Å². The van der Waals surface area contributed by atoms with Gasteiger partial charge < -0.3 is 15.2 Å². The number of terminal acetylenes is 1. The first-order valence-corrected chi connectivity index (χ1v) is 5.13. The fraction of sp³-hybridized carbons (Fsp3) is 0.308. The zero-order chi connectivity index (χ0) is 12.8. The smallest absolute Gasteiger partial charge is 0.224 e. The molecule has 1 atom stereocenters. The standard InChI is InChI=1S/C13H15NO3/c1-4-7-17-11-6-5-10(8-12(11)16-3)9(2)13(14)15/h1,5-6,8-9H,7H2,2-3H3,(H2,14,15). The second kappa shape index (κ2) is 5.80. The third-order valence-corrected chi connectivity index (χ3v) is 2.43. The first kappa shape index (κ1) is 12.9. The Morgan fingerprint density at radius 1 is 1.53 bits per heavy atom. The Labute approximate surface area is 101 Å². The van der Waals surface area contributed by atoms with Gasteiger partial charge in [-0.25, -0.2) is 0 Å². The summed E-state index contributed by atoms with van der Waals surface area (Å²) in [5.41, 5.74) is 6.02. The van der Waals surface area contributed by atoms with E-state index in [1.54, 1.807) is 25.1 Å². The number of amides is 1. The lowest BCUT2D eigenvalue weighted by molar-refractivity contribution is -0.119. The Morgan fingerprint density at radius 3 is 2.76 bits per heavy atom. The summed E-state index contributed by atoms with van der Waals surface area (Å²) in [6, 6.07) is 5.20. The Kier molecular flexibility index (Phi) is 4.41. The van der Waals surface area contributed by atoms with Gasteiger partial charge in [0.15, 0.2) is 11.5 Å². The van der Waals surface area contributed by atoms with Crippen LogP contribution in [0.4, 0.5) is 0 Å². The van der Waals surface area contributed by atoms with Gasteiger partial charge in [0.05, 0.1) is 13.0 Å². The van der Waals surface area contributed by atoms with E-state index >= 15 is 0 Å². The Hall–Kier alpha value is -2.15. The van der Waals surface area contributed by atoms with Crippen LogP contribution < -0.4 is 15.2 Å². The van der Waals surface area contributed by atoms with Gasteiger partial charge in [-0.05, 0) is 24.6 Å². The number of nitrogens with two attached hydrogens (primary N) is 1. The molecule has 0 fully saturated rings. The first-order valence-electron chi connectivity index (χ1n) is 5.13. The SMILES string of the molecule is C#CCOc1ccc(C(C)C(N)=O)cc1OC. The number of hydrogen-bond acceptors (Lipinski definition) is 3. The van der Waals surface area contributed by atoms with Crippen LogP contribution in [0.3, 0.4) is 0 Å². The summed E-state index contributed by atoms with van der Waals surface area (Å²) in [5, 5.41) is 0. The molecule has 0 heterocycles. The highest BCUT2D eigenvalue weighted by atomic mass is 16.5. The van der Waals surface area contributed by atoms with E-state index in [-0.39, 0.29) is 18.4 Å². The van der Waals surface area contributed by atoms with Crippen LogP contribution in [0.15, 0.2) is 18.2 Å². The van der Waals surface area contributed by atoms with Crippen molar-refractivity contribution in [2.45, 2.75) is 12.8 Å². The zero-order valence-corrected chi connectivity index (χ0v) is 9.90. The van der Waals surface area contributed by atoms with Crippen molar-refractivity contribution in [3.8, 4) is 23.8 Å². The average Bonchev–Trinajstić information content (AvgIpc) is 2.35. The van der Waals surface area contributed by atoms with Crippen LogP contribution >= 0.6 is 0 Å². The molecular weight excluding hydrogens is 218 g/mol. The third-order valence-electron chi connectivity index (χ3n) is 2.43. The summed E-state index contributed by atoms with van der Waals surface area (Å²) in [6.07, 6.45) is 5.11. The normalized spacial score (nSPS) is 11.4. The topological polar surface area (TPSA) is 61.5 Å². The number of ether oxygens (including phenoxy) is 2. The van der Waals surface area contributed by atoms with Crippen molar-refractivity contribution < 1.29 is 14.3 Å². The van der Waals surface area contributed by atoms with Crippen LogP contribution in [-0.4, -0.2) is 19.6 Å². The van der Waals surface area contributed by atoms with Crippen LogP contribution in [0.1, 0.15) is 18.4 Å². The van der Waals surface area contributed by atoms with E-state index in [0.29, 0.717) is 11.5 Å². The molecule has 0 aromatic heterocycles. The lowest BCUT2D eigenvalue weighted by atomic mass is 10.0. The highest BCUT2D eigenvalue weighted by Crippen LogP contribution is 2.30. The molecule has 17 heavy (non-hydrogen) atoms. The molecular formula is C13H15NO3. The van der Waals surface area contributed by atoms with E-state index in [2.05, 4.69) is 5.92 Å². The monoisotopic (exact) mass is 233 g/mol. The highest BCUT2D eigenvalue weighted by molar-refractivity contribution is 5.81. The number of rotatable bonds is 5. The number of carbonyl (C=O) groups excluding carboxylic acids is 1. The third kappa shape index (κ3) is 3.15. The van der Waals surface area contributed by atoms with Crippen LogP contribution in [0.5, 0.6) is 11.5 Å². The molecule has 0 spiro atoms. The minimum absolute atomic E-state index is 0.168. The molecule has 1 aromatic carbocycles. The molecule has 1 rings (SSSR count). The minimum atomic E-state index is -0.385. The number of primary amides is 1. The van der Waals surface area contributed by atoms with E-state index in [4.69, 9.17) is 21.6 Å². The quantitative estimate of drug-likeness (QED) is 0.780. The van der Waals surface area contributed by atoms with Gasteiger partial charge in [0.2, 0.25) is 5.91 Å². The molecule has 1 amide bonds. The lowest BCUT2D eigenvalue weighted by Crippen LogP contribution is -2.18. The largest absolute Gasteiger partial charge is 0.493 e. The van der Waals surface area contributed by atoms with Gasteiger partial charge in [-0.2, -0.15) is 0 Å². The number of carbonyl (C=O) groups is 1. The van der Waals surface area contributed by atoms with Gasteiger partial charge in [-0.15, -0.1) is 6.42 Å². The van der Waals surface area contributed by atoms with Crippen LogP contribution in [0.2, 0.25) is 0 Å². The second-order valence-electron chi connectivity index (χ2n) is 3.53. The lowest BCUT2D eigenvalue weighted by Gasteiger charge is -2.13. The molecule has 0 bridgehead atoms. The Bertz CT molecular complexity index is 448. The molecule has 1 unspecified atom stereocenters. The Morgan fingerprint density at radius 2 is 2.24 bits per heavy atom. The minimum Gasteiger partial charge on any atom is -0.493 e. The molecule has 90 valence electrons. The maximum atomic E-state index is 11.1. The van der Waals surface area contributed by atoms with Crippen molar-refractivity contribution in [2.24, 2.45) is 5.73 Å². The maximum absolute atomic E-state index is 11.1. The molecule has 0 saturated heterocycles. The fourth-order valence-electron chi connectivity index (χ4n) is 1.36. The molecule has 1 aromatic rings. The molecule has 0 aliphatic rings. The molecule has 4 nitrogen and oxygen atoms in total.